The lowest BCUT2D eigenvalue weighted by atomic mass is 10.0. The molecule has 0 N–H and O–H groups in total. The summed E-state index contributed by atoms with van der Waals surface area (Å²) >= 11 is 0. The van der Waals surface area contributed by atoms with Crippen LogP contribution in [-0.4, -0.2) is 15.9 Å². The van der Waals surface area contributed by atoms with E-state index in [1.807, 2.05) is 18.2 Å². The van der Waals surface area contributed by atoms with Crippen LogP contribution in [0.3, 0.4) is 0 Å². The SMILES string of the molecule is CC(C)C1=NOC(c2nc(C(C)c3ccccc3)no2)C1. The van der Waals surface area contributed by atoms with Crippen LogP contribution in [0.15, 0.2) is 40.0 Å². The zero-order valence-electron chi connectivity index (χ0n) is 12.5. The van der Waals surface area contributed by atoms with Gasteiger partial charge in [0.25, 0.3) is 5.89 Å². The Kier molecular flexibility index (Phi) is 3.73. The van der Waals surface area contributed by atoms with Gasteiger partial charge in [-0.1, -0.05) is 61.4 Å². The molecule has 2 unspecified atom stereocenters. The molecule has 0 spiro atoms. The van der Waals surface area contributed by atoms with Crippen LogP contribution in [-0.2, 0) is 4.84 Å². The smallest absolute Gasteiger partial charge is 0.270 e. The molecule has 5 heteroatoms. The van der Waals surface area contributed by atoms with Crippen molar-refractivity contribution in [2.45, 2.75) is 39.2 Å². The van der Waals surface area contributed by atoms with Crippen LogP contribution in [0, 0.1) is 5.92 Å². The van der Waals surface area contributed by atoms with Gasteiger partial charge in [-0.25, -0.2) is 0 Å². The standard InChI is InChI=1S/C16H19N3O2/c1-10(2)13-9-14(20-18-13)16-17-15(19-21-16)11(3)12-7-5-4-6-8-12/h4-8,10-11,14H,9H2,1-3H3. The summed E-state index contributed by atoms with van der Waals surface area (Å²) in [6, 6.07) is 10.1. The highest BCUT2D eigenvalue weighted by molar-refractivity contribution is 5.87. The molecule has 110 valence electrons. The average Bonchev–Trinajstić information content (AvgIpc) is 3.16. The molecule has 3 rings (SSSR count). The van der Waals surface area contributed by atoms with Crippen LogP contribution < -0.4 is 0 Å². The maximum absolute atomic E-state index is 5.40. The largest absolute Gasteiger partial charge is 0.382 e. The molecule has 2 atom stereocenters. The van der Waals surface area contributed by atoms with Crippen molar-refractivity contribution in [3.8, 4) is 0 Å². The highest BCUT2D eigenvalue weighted by atomic mass is 16.7. The van der Waals surface area contributed by atoms with Crippen molar-refractivity contribution >= 4 is 5.71 Å². The van der Waals surface area contributed by atoms with Gasteiger partial charge in [-0.3, -0.25) is 0 Å². The van der Waals surface area contributed by atoms with Gasteiger partial charge in [0.05, 0.1) is 5.71 Å². The fraction of sp³-hybridized carbons (Fsp3) is 0.438. The highest BCUT2D eigenvalue weighted by Crippen LogP contribution is 2.30. The van der Waals surface area contributed by atoms with Gasteiger partial charge in [-0.2, -0.15) is 4.98 Å². The molecule has 0 saturated heterocycles. The Labute approximate surface area is 124 Å². The number of oxime groups is 1. The van der Waals surface area contributed by atoms with Crippen molar-refractivity contribution in [1.29, 1.82) is 0 Å². The molecular formula is C16H19N3O2. The Morgan fingerprint density at radius 2 is 1.90 bits per heavy atom. The maximum atomic E-state index is 5.40. The van der Waals surface area contributed by atoms with Gasteiger partial charge in [0.2, 0.25) is 6.10 Å². The fourth-order valence-corrected chi connectivity index (χ4v) is 2.31. The lowest BCUT2D eigenvalue weighted by molar-refractivity contribution is 0.0599. The van der Waals surface area contributed by atoms with Gasteiger partial charge in [0.1, 0.15) is 0 Å². The van der Waals surface area contributed by atoms with E-state index >= 15 is 0 Å². The normalized spacial score (nSPS) is 19.4. The van der Waals surface area contributed by atoms with Crippen molar-refractivity contribution in [2.24, 2.45) is 11.1 Å². The second-order valence-electron chi connectivity index (χ2n) is 5.66. The maximum Gasteiger partial charge on any atom is 0.270 e. The van der Waals surface area contributed by atoms with E-state index in [1.54, 1.807) is 0 Å². The first kappa shape index (κ1) is 13.8. The summed E-state index contributed by atoms with van der Waals surface area (Å²) in [7, 11) is 0. The predicted octanol–water partition coefficient (Wildman–Crippen LogP) is 3.69. The van der Waals surface area contributed by atoms with Gasteiger partial charge < -0.3 is 9.36 Å². The predicted molar refractivity (Wildman–Crippen MR) is 79.0 cm³/mol. The van der Waals surface area contributed by atoms with Crippen molar-refractivity contribution in [3.05, 3.63) is 47.6 Å². The van der Waals surface area contributed by atoms with E-state index in [0.29, 0.717) is 17.6 Å². The average molecular weight is 285 g/mol. The molecular weight excluding hydrogens is 266 g/mol. The Bertz CT molecular complexity index is 634. The number of aromatic nitrogens is 2. The number of nitrogens with zero attached hydrogens (tertiary/aromatic N) is 3. The van der Waals surface area contributed by atoms with Crippen LogP contribution >= 0.6 is 0 Å². The van der Waals surface area contributed by atoms with Gasteiger partial charge in [-0.05, 0) is 11.5 Å². The van der Waals surface area contributed by atoms with E-state index in [-0.39, 0.29) is 12.0 Å². The van der Waals surface area contributed by atoms with Crippen molar-refractivity contribution in [3.63, 3.8) is 0 Å². The third-order valence-corrected chi connectivity index (χ3v) is 3.78. The third-order valence-electron chi connectivity index (χ3n) is 3.78. The summed E-state index contributed by atoms with van der Waals surface area (Å²) in [5.74, 6) is 1.65. The van der Waals surface area contributed by atoms with E-state index < -0.39 is 0 Å². The van der Waals surface area contributed by atoms with Crippen LogP contribution in [0.1, 0.15) is 56.5 Å². The number of hydrogen-bond donors (Lipinski definition) is 0. The minimum atomic E-state index is -0.244. The molecule has 2 heterocycles. The number of hydrogen-bond acceptors (Lipinski definition) is 5. The summed E-state index contributed by atoms with van der Waals surface area (Å²) in [5.41, 5.74) is 2.20. The molecule has 2 aromatic rings. The molecule has 0 fully saturated rings. The van der Waals surface area contributed by atoms with Gasteiger partial charge >= 0.3 is 0 Å². The number of rotatable bonds is 4. The summed E-state index contributed by atoms with van der Waals surface area (Å²) in [5, 5.41) is 8.18. The first-order chi connectivity index (χ1) is 10.1. The van der Waals surface area contributed by atoms with Crippen molar-refractivity contribution < 1.29 is 9.36 Å². The second-order valence-corrected chi connectivity index (χ2v) is 5.66. The Morgan fingerprint density at radius 3 is 2.57 bits per heavy atom. The van der Waals surface area contributed by atoms with Gasteiger partial charge in [-0.15, -0.1) is 0 Å². The molecule has 0 amide bonds. The molecule has 1 aromatic heterocycles. The fourth-order valence-electron chi connectivity index (χ4n) is 2.31. The van der Waals surface area contributed by atoms with Gasteiger partial charge in [0.15, 0.2) is 5.82 Å². The quantitative estimate of drug-likeness (QED) is 0.859. The second kappa shape index (κ2) is 5.68. The lowest BCUT2D eigenvalue weighted by Gasteiger charge is -2.06. The highest BCUT2D eigenvalue weighted by Gasteiger charge is 2.30. The van der Waals surface area contributed by atoms with Crippen LogP contribution in [0.2, 0.25) is 0 Å². The molecule has 0 saturated carbocycles. The Balaban J connectivity index is 1.73. The van der Waals surface area contributed by atoms with Gasteiger partial charge in [0, 0.05) is 12.3 Å². The molecule has 1 aromatic carbocycles. The molecule has 0 radical (unpaired) electrons. The molecule has 1 aliphatic rings. The van der Waals surface area contributed by atoms with Crippen LogP contribution in [0.5, 0.6) is 0 Å². The minimum Gasteiger partial charge on any atom is -0.382 e. The van der Waals surface area contributed by atoms with Crippen LogP contribution in [0.25, 0.3) is 0 Å². The Hall–Kier alpha value is -2.17. The van der Waals surface area contributed by atoms with E-state index in [4.69, 9.17) is 9.36 Å². The molecule has 0 aliphatic carbocycles. The van der Waals surface area contributed by atoms with Crippen molar-refractivity contribution in [2.75, 3.05) is 0 Å². The molecule has 0 bridgehead atoms. The van der Waals surface area contributed by atoms with E-state index in [1.165, 1.54) is 0 Å². The van der Waals surface area contributed by atoms with E-state index in [9.17, 15) is 0 Å². The lowest BCUT2D eigenvalue weighted by Crippen LogP contribution is -2.06. The third kappa shape index (κ3) is 2.82. The molecule has 5 nitrogen and oxygen atoms in total. The summed E-state index contributed by atoms with van der Waals surface area (Å²) in [6.45, 7) is 6.26. The van der Waals surface area contributed by atoms with Crippen molar-refractivity contribution in [1.82, 2.24) is 10.1 Å². The summed E-state index contributed by atoms with van der Waals surface area (Å²) in [6.07, 6.45) is 0.477. The van der Waals surface area contributed by atoms with E-state index in [0.717, 1.165) is 17.7 Å². The van der Waals surface area contributed by atoms with E-state index in [2.05, 4.69) is 48.2 Å². The zero-order valence-corrected chi connectivity index (χ0v) is 12.5. The molecule has 21 heavy (non-hydrogen) atoms. The first-order valence-corrected chi connectivity index (χ1v) is 7.26. The van der Waals surface area contributed by atoms with Crippen LogP contribution in [0.4, 0.5) is 0 Å². The first-order valence-electron chi connectivity index (χ1n) is 7.26. The minimum absolute atomic E-state index is 0.0931. The topological polar surface area (TPSA) is 60.5 Å². The summed E-state index contributed by atoms with van der Waals surface area (Å²) in [4.78, 5) is 9.89. The zero-order chi connectivity index (χ0) is 14.8. The monoisotopic (exact) mass is 285 g/mol. The summed E-state index contributed by atoms with van der Waals surface area (Å²) < 4.78 is 5.36. The Morgan fingerprint density at radius 1 is 1.14 bits per heavy atom. The number of benzene rings is 1. The molecule has 1 aliphatic heterocycles.